The second-order valence-electron chi connectivity index (χ2n) is 4.31. The zero-order valence-corrected chi connectivity index (χ0v) is 20.0. The van der Waals surface area contributed by atoms with Gasteiger partial charge in [0.25, 0.3) is 0 Å². The van der Waals surface area contributed by atoms with E-state index in [1.54, 1.807) is 0 Å². The summed E-state index contributed by atoms with van der Waals surface area (Å²) in [7, 11) is 4.12. The van der Waals surface area contributed by atoms with Crippen LogP contribution in [0.5, 0.6) is 0 Å². The van der Waals surface area contributed by atoms with E-state index >= 15 is 0 Å². The largest absolute Gasteiger partial charge is 1.00 e. The third-order valence-electron chi connectivity index (χ3n) is 2.83. The number of alkyl halides is 1. The van der Waals surface area contributed by atoms with E-state index < -0.39 is 0 Å². The fraction of sp³-hybridized carbons (Fsp3) is 0.111. The minimum atomic E-state index is 0. The molecule has 0 atom stereocenters. The minimum absolute atomic E-state index is 0. The Kier molecular flexibility index (Phi) is 31.3. The summed E-state index contributed by atoms with van der Waals surface area (Å²) in [6.07, 6.45) is 4.62. The first kappa shape index (κ1) is 34.3. The molecule has 0 aromatic heterocycles. The Morgan fingerprint density at radius 1 is 0.846 bits per heavy atom. The molecule has 0 N–H and O–H groups in total. The second-order valence-corrected chi connectivity index (χ2v) is 5.93. The minimum Gasteiger partial charge on any atom is -1.00 e. The van der Waals surface area contributed by atoms with Crippen LogP contribution in [0, 0.1) is 0 Å². The van der Waals surface area contributed by atoms with Crippen molar-refractivity contribution in [3.8, 4) is 0 Å². The molecule has 0 nitrogen and oxygen atoms in total. The third kappa shape index (κ3) is 15.8. The van der Waals surface area contributed by atoms with E-state index in [1.807, 2.05) is 36.4 Å². The van der Waals surface area contributed by atoms with Crippen molar-refractivity contribution in [2.24, 2.45) is 0 Å². The van der Waals surface area contributed by atoms with Crippen molar-refractivity contribution in [3.63, 3.8) is 0 Å². The summed E-state index contributed by atoms with van der Waals surface area (Å²) in [5, 5.41) is 0. The fourth-order valence-electron chi connectivity index (χ4n) is 1.58. The molecule has 26 heavy (non-hydrogen) atoms. The molecule has 2 aromatic carbocycles. The van der Waals surface area contributed by atoms with Crippen LogP contribution in [0.2, 0.25) is 0 Å². The van der Waals surface area contributed by atoms with Gasteiger partial charge >= 0.3 is 37.7 Å². The molecule has 0 amide bonds. The predicted molar refractivity (Wildman–Crippen MR) is 115 cm³/mol. The standard InChI is InChI=1S/C9H9Cl.C9H9PS.ClH.2Li.PS/c1-2-8-3-5-9(7-10)6-4-8;1-2-8-3-5-9(6-4-8)7-10-11;;;;1-2/h2-6H,1,7H2;2-6H,1,7H2;1H;;;/q;;;2*+1;-1/p-1. The van der Waals surface area contributed by atoms with Crippen LogP contribution in [0.1, 0.15) is 22.3 Å². The maximum absolute atomic E-state index is 5.60. The van der Waals surface area contributed by atoms with E-state index in [9.17, 15) is 0 Å². The Balaban J connectivity index is -0.000000154. The molecule has 8 heteroatoms. The number of benzene rings is 2. The molecule has 0 spiro atoms. The number of hydrogen-bond donors (Lipinski definition) is 0. The molecule has 0 aliphatic carbocycles. The first-order valence-corrected chi connectivity index (χ1v) is 10.8. The van der Waals surface area contributed by atoms with Gasteiger partial charge in [-0.3, -0.25) is 0 Å². The summed E-state index contributed by atoms with van der Waals surface area (Å²) in [6, 6.07) is 16.3. The molecule has 0 radical (unpaired) electrons. The summed E-state index contributed by atoms with van der Waals surface area (Å²) in [4.78, 5) is 0. The molecule has 0 unspecified atom stereocenters. The van der Waals surface area contributed by atoms with Gasteiger partial charge in [0.15, 0.2) is 0 Å². The summed E-state index contributed by atoms with van der Waals surface area (Å²) < 4.78 is 0. The molecule has 0 fully saturated rings. The van der Waals surface area contributed by atoms with Gasteiger partial charge < -0.3 is 32.2 Å². The summed E-state index contributed by atoms with van der Waals surface area (Å²) in [5.74, 6) is 0.581. The van der Waals surface area contributed by atoms with E-state index in [0.29, 0.717) is 5.88 Å². The summed E-state index contributed by atoms with van der Waals surface area (Å²) >= 11 is 14.2. The van der Waals surface area contributed by atoms with E-state index in [0.717, 1.165) is 30.2 Å². The Morgan fingerprint density at radius 3 is 1.46 bits per heavy atom. The third-order valence-corrected chi connectivity index (χ3v) is 4.02. The SMILES string of the molecule is C=Cc1ccc(CCl)cc1.C=Cc1ccc(CP=S)cc1.[Cl-].[Li+].[Li+].[P-]=S. The van der Waals surface area contributed by atoms with Gasteiger partial charge in [-0.15, -0.1) is 11.6 Å². The van der Waals surface area contributed by atoms with Crippen LogP contribution in [0.15, 0.2) is 61.7 Å². The molecular weight excluding hydrogens is 427 g/mol. The maximum Gasteiger partial charge on any atom is 1.00 e. The van der Waals surface area contributed by atoms with Gasteiger partial charge in [-0.1, -0.05) is 85.6 Å². The van der Waals surface area contributed by atoms with Crippen LogP contribution in [-0.4, -0.2) is 0 Å². The first-order chi connectivity index (χ1) is 11.2. The average molecular weight is 445 g/mol. The molecule has 0 saturated carbocycles. The van der Waals surface area contributed by atoms with Gasteiger partial charge in [-0.2, -0.15) is 0 Å². The molecule has 2 aromatic rings. The van der Waals surface area contributed by atoms with Crippen molar-refractivity contribution in [2.45, 2.75) is 12.0 Å². The molecule has 0 aliphatic rings. The first-order valence-electron chi connectivity index (χ1n) is 6.69. The van der Waals surface area contributed by atoms with E-state index in [-0.39, 0.29) is 50.1 Å². The molecule has 0 heterocycles. The Bertz CT molecular complexity index is 610. The van der Waals surface area contributed by atoms with Gasteiger partial charge in [0.05, 0.1) is 0 Å². The zero-order chi connectivity index (χ0) is 17.5. The summed E-state index contributed by atoms with van der Waals surface area (Å²) in [6.45, 7) is 7.34. The van der Waals surface area contributed by atoms with Crippen molar-refractivity contribution in [1.82, 2.24) is 0 Å². The monoisotopic (exact) mass is 444 g/mol. The topological polar surface area (TPSA) is 0 Å². The number of hydrogen-bond acceptors (Lipinski definition) is 2. The molecule has 2 rings (SSSR count). The smallest absolute Gasteiger partial charge is 1.00 e. The zero-order valence-electron chi connectivity index (χ0n) is 15.1. The molecule has 0 aliphatic heterocycles. The van der Waals surface area contributed by atoms with Crippen LogP contribution >= 0.6 is 27.0 Å². The summed E-state index contributed by atoms with van der Waals surface area (Å²) in [5.41, 5.74) is 4.74. The van der Waals surface area contributed by atoms with E-state index in [1.165, 1.54) is 5.56 Å². The normalized spacial score (nSPS) is 7.88. The fourth-order valence-corrected chi connectivity index (χ4v) is 2.56. The molecule has 0 saturated heterocycles. The van der Waals surface area contributed by atoms with Gasteiger partial charge in [0.1, 0.15) is 0 Å². The van der Waals surface area contributed by atoms with Crippen molar-refractivity contribution in [2.75, 3.05) is 0 Å². The second kappa shape index (κ2) is 23.8. The maximum atomic E-state index is 5.60. The van der Waals surface area contributed by atoms with Gasteiger partial charge in [-0.25, -0.2) is 0 Å². The van der Waals surface area contributed by atoms with Crippen LogP contribution in [-0.2, 0) is 35.7 Å². The molecular formula is C18H18Cl2Li2P2S2. The van der Waals surface area contributed by atoms with Crippen molar-refractivity contribution in [1.29, 1.82) is 0 Å². The van der Waals surface area contributed by atoms with E-state index in [2.05, 4.69) is 57.2 Å². The quantitative estimate of drug-likeness (QED) is 0.302. The van der Waals surface area contributed by atoms with E-state index in [4.69, 9.17) is 23.4 Å². The van der Waals surface area contributed by atoms with Crippen LogP contribution in [0.3, 0.4) is 0 Å². The van der Waals surface area contributed by atoms with Crippen LogP contribution < -0.4 is 50.1 Å². The van der Waals surface area contributed by atoms with Crippen molar-refractivity contribution >= 4 is 62.7 Å². The van der Waals surface area contributed by atoms with Gasteiger partial charge in [0.2, 0.25) is 0 Å². The number of rotatable bonds is 5. The Morgan fingerprint density at radius 2 is 1.19 bits per heavy atom. The Labute approximate surface area is 207 Å². The molecule has 128 valence electrons. The average Bonchev–Trinajstić information content (AvgIpc) is 2.65. The number of halogens is 2. The Hall–Kier alpha value is 0.735. The van der Waals surface area contributed by atoms with Crippen LogP contribution in [0.25, 0.3) is 12.2 Å². The predicted octanol–water partition coefficient (Wildman–Crippen LogP) is -1.82. The molecule has 0 bridgehead atoms. The van der Waals surface area contributed by atoms with Gasteiger partial charge in [0, 0.05) is 12.0 Å². The van der Waals surface area contributed by atoms with Gasteiger partial charge in [-0.05, 0) is 29.6 Å². The van der Waals surface area contributed by atoms with Crippen LogP contribution in [0.4, 0.5) is 0 Å². The van der Waals surface area contributed by atoms with Crippen molar-refractivity contribution < 1.29 is 50.1 Å². The van der Waals surface area contributed by atoms with Crippen molar-refractivity contribution in [3.05, 3.63) is 83.9 Å².